The number of methoxy groups -OCH3 is 1. The van der Waals surface area contributed by atoms with Crippen LogP contribution in [0.4, 0.5) is 0 Å². The monoisotopic (exact) mass is 388 g/mol. The summed E-state index contributed by atoms with van der Waals surface area (Å²) in [6.07, 6.45) is 1.70. The summed E-state index contributed by atoms with van der Waals surface area (Å²) in [6, 6.07) is 18.4. The largest absolute Gasteiger partial charge is 0.496 e. The molecule has 2 aromatic carbocycles. The fraction of sp³-hybridized carbons (Fsp3) is 0.409. The van der Waals surface area contributed by atoms with Crippen molar-refractivity contribution in [3.05, 3.63) is 65.7 Å². The zero-order valence-corrected chi connectivity index (χ0v) is 16.9. The van der Waals surface area contributed by atoms with Gasteiger partial charge in [0.25, 0.3) is 0 Å². The minimum atomic E-state index is 0. The minimum Gasteiger partial charge on any atom is -0.496 e. The highest BCUT2D eigenvalue weighted by molar-refractivity contribution is 5.85. The van der Waals surface area contributed by atoms with Crippen molar-refractivity contribution < 1.29 is 9.53 Å². The van der Waals surface area contributed by atoms with E-state index >= 15 is 0 Å². The Morgan fingerprint density at radius 3 is 2.56 bits per heavy atom. The van der Waals surface area contributed by atoms with E-state index in [0.717, 1.165) is 37.2 Å². The van der Waals surface area contributed by atoms with Gasteiger partial charge in [0.1, 0.15) is 5.75 Å². The second kappa shape index (κ2) is 10.3. The van der Waals surface area contributed by atoms with Gasteiger partial charge in [-0.05, 0) is 43.5 Å². The summed E-state index contributed by atoms with van der Waals surface area (Å²) < 4.78 is 5.49. The number of halogens is 1. The molecule has 0 bridgehead atoms. The van der Waals surface area contributed by atoms with Gasteiger partial charge in [-0.3, -0.25) is 4.79 Å². The molecule has 27 heavy (non-hydrogen) atoms. The number of amides is 1. The van der Waals surface area contributed by atoms with E-state index < -0.39 is 0 Å². The molecule has 1 aliphatic heterocycles. The van der Waals surface area contributed by atoms with Crippen molar-refractivity contribution in [2.75, 3.05) is 20.2 Å². The molecule has 2 unspecified atom stereocenters. The number of carbonyl (C=O) groups is 1. The first kappa shape index (κ1) is 21.3. The van der Waals surface area contributed by atoms with Crippen LogP contribution in [0.15, 0.2) is 54.6 Å². The molecule has 1 fully saturated rings. The molecule has 1 amide bonds. The topological polar surface area (TPSA) is 41.6 Å². The maximum atomic E-state index is 13.2. The zero-order valence-electron chi connectivity index (χ0n) is 16.1. The molecule has 0 saturated carbocycles. The van der Waals surface area contributed by atoms with Crippen molar-refractivity contribution in [2.45, 2.75) is 32.4 Å². The number of hydrogen-bond acceptors (Lipinski definition) is 3. The van der Waals surface area contributed by atoms with Crippen LogP contribution in [-0.4, -0.2) is 37.0 Å². The Balaban J connectivity index is 0.00000261. The van der Waals surface area contributed by atoms with Gasteiger partial charge < -0.3 is 15.0 Å². The van der Waals surface area contributed by atoms with Gasteiger partial charge >= 0.3 is 0 Å². The molecule has 1 saturated heterocycles. The number of rotatable bonds is 7. The summed E-state index contributed by atoms with van der Waals surface area (Å²) in [4.78, 5) is 15.2. The Morgan fingerprint density at radius 2 is 1.89 bits per heavy atom. The minimum absolute atomic E-state index is 0. The summed E-state index contributed by atoms with van der Waals surface area (Å²) in [5, 5.41) is 3.31. The predicted molar refractivity (Wildman–Crippen MR) is 111 cm³/mol. The van der Waals surface area contributed by atoms with Crippen LogP contribution in [0.2, 0.25) is 0 Å². The van der Waals surface area contributed by atoms with Crippen LogP contribution in [0, 0.1) is 5.92 Å². The van der Waals surface area contributed by atoms with E-state index in [4.69, 9.17) is 4.74 Å². The molecule has 1 heterocycles. The molecule has 4 nitrogen and oxygen atoms in total. The highest BCUT2D eigenvalue weighted by Crippen LogP contribution is 2.23. The third kappa shape index (κ3) is 5.47. The summed E-state index contributed by atoms with van der Waals surface area (Å²) >= 11 is 0. The molecule has 1 N–H and O–H groups in total. The van der Waals surface area contributed by atoms with Crippen LogP contribution >= 0.6 is 12.4 Å². The lowest BCUT2D eigenvalue weighted by molar-refractivity contribution is -0.137. The van der Waals surface area contributed by atoms with Gasteiger partial charge in [-0.2, -0.15) is 0 Å². The van der Waals surface area contributed by atoms with Crippen LogP contribution in [0.3, 0.4) is 0 Å². The zero-order chi connectivity index (χ0) is 18.4. The Labute approximate surface area is 168 Å². The van der Waals surface area contributed by atoms with E-state index in [-0.39, 0.29) is 30.3 Å². The van der Waals surface area contributed by atoms with E-state index in [9.17, 15) is 4.79 Å². The standard InChI is InChI=1S/C22H28N2O2.ClH/c1-17(14-19-10-6-7-11-21(19)26-2)24(16-18-8-4-3-5-9-18)22(25)20-12-13-23-15-20;/h3-11,17,20,23H,12-16H2,1-2H3;1H. The smallest absolute Gasteiger partial charge is 0.227 e. The Bertz CT molecular complexity index is 717. The molecular weight excluding hydrogens is 360 g/mol. The van der Waals surface area contributed by atoms with Gasteiger partial charge in [0, 0.05) is 19.1 Å². The lowest BCUT2D eigenvalue weighted by Gasteiger charge is -2.32. The molecule has 3 rings (SSSR count). The van der Waals surface area contributed by atoms with Gasteiger partial charge in [-0.25, -0.2) is 0 Å². The van der Waals surface area contributed by atoms with E-state index in [1.165, 1.54) is 5.56 Å². The number of nitrogens with one attached hydrogen (secondary N) is 1. The maximum absolute atomic E-state index is 13.2. The van der Waals surface area contributed by atoms with Gasteiger partial charge in [0.2, 0.25) is 5.91 Å². The fourth-order valence-corrected chi connectivity index (χ4v) is 3.63. The van der Waals surface area contributed by atoms with E-state index in [1.54, 1.807) is 7.11 Å². The van der Waals surface area contributed by atoms with Crippen molar-refractivity contribution in [3.63, 3.8) is 0 Å². The lowest BCUT2D eigenvalue weighted by Crippen LogP contribution is -2.43. The van der Waals surface area contributed by atoms with Crippen LogP contribution < -0.4 is 10.1 Å². The number of ether oxygens (including phenoxy) is 1. The lowest BCUT2D eigenvalue weighted by atomic mass is 10.0. The van der Waals surface area contributed by atoms with Crippen LogP contribution in [0.1, 0.15) is 24.5 Å². The molecule has 0 aliphatic carbocycles. The molecule has 5 heteroatoms. The normalized spacial score (nSPS) is 17.0. The first-order valence-electron chi connectivity index (χ1n) is 9.36. The van der Waals surface area contributed by atoms with Crippen LogP contribution in [-0.2, 0) is 17.8 Å². The quantitative estimate of drug-likeness (QED) is 0.786. The van der Waals surface area contributed by atoms with E-state index in [1.807, 2.05) is 41.3 Å². The number of hydrogen-bond donors (Lipinski definition) is 1. The van der Waals surface area contributed by atoms with Gasteiger partial charge in [0.05, 0.1) is 13.0 Å². The third-order valence-corrected chi connectivity index (χ3v) is 5.13. The average Bonchev–Trinajstić information content (AvgIpc) is 3.21. The summed E-state index contributed by atoms with van der Waals surface area (Å²) in [5.74, 6) is 1.22. The highest BCUT2D eigenvalue weighted by atomic mass is 35.5. The van der Waals surface area contributed by atoms with Crippen molar-refractivity contribution in [2.24, 2.45) is 5.92 Å². The van der Waals surface area contributed by atoms with Gasteiger partial charge in [-0.15, -0.1) is 12.4 Å². The molecule has 2 atom stereocenters. The second-order valence-corrected chi connectivity index (χ2v) is 7.01. The summed E-state index contributed by atoms with van der Waals surface area (Å²) in [6.45, 7) is 4.49. The van der Waals surface area contributed by atoms with E-state index in [0.29, 0.717) is 6.54 Å². The molecule has 2 aromatic rings. The van der Waals surface area contributed by atoms with Crippen molar-refractivity contribution >= 4 is 18.3 Å². The Kier molecular flexibility index (Phi) is 8.14. The number of carbonyl (C=O) groups excluding carboxylic acids is 1. The van der Waals surface area contributed by atoms with Gasteiger partial charge in [0.15, 0.2) is 0 Å². The van der Waals surface area contributed by atoms with Crippen molar-refractivity contribution in [1.82, 2.24) is 10.2 Å². The summed E-state index contributed by atoms with van der Waals surface area (Å²) in [7, 11) is 1.70. The fourth-order valence-electron chi connectivity index (χ4n) is 3.63. The van der Waals surface area contributed by atoms with E-state index in [2.05, 4.69) is 30.4 Å². The Morgan fingerprint density at radius 1 is 1.19 bits per heavy atom. The molecule has 0 aromatic heterocycles. The Hall–Kier alpha value is -2.04. The predicted octanol–water partition coefficient (Wildman–Crippen LogP) is 3.69. The van der Waals surface area contributed by atoms with Crippen LogP contribution in [0.25, 0.3) is 0 Å². The van der Waals surface area contributed by atoms with Gasteiger partial charge in [-0.1, -0.05) is 48.5 Å². The van der Waals surface area contributed by atoms with Crippen LogP contribution in [0.5, 0.6) is 5.75 Å². The molecule has 0 radical (unpaired) electrons. The molecule has 1 aliphatic rings. The second-order valence-electron chi connectivity index (χ2n) is 7.01. The maximum Gasteiger partial charge on any atom is 0.227 e. The number of para-hydroxylation sites is 1. The SMILES string of the molecule is COc1ccccc1CC(C)N(Cc1ccccc1)C(=O)C1CCNC1.Cl. The number of nitrogens with zero attached hydrogens (tertiary/aromatic N) is 1. The average molecular weight is 389 g/mol. The highest BCUT2D eigenvalue weighted by Gasteiger charge is 2.30. The third-order valence-electron chi connectivity index (χ3n) is 5.13. The molecular formula is C22H29ClN2O2. The summed E-state index contributed by atoms with van der Waals surface area (Å²) in [5.41, 5.74) is 2.30. The van der Waals surface area contributed by atoms with Crippen molar-refractivity contribution in [3.8, 4) is 5.75 Å². The molecule has 0 spiro atoms. The first-order valence-corrected chi connectivity index (χ1v) is 9.36. The van der Waals surface area contributed by atoms with Crippen molar-refractivity contribution in [1.29, 1.82) is 0 Å². The first-order chi connectivity index (χ1) is 12.7. The number of benzene rings is 2. The molecule has 146 valence electrons.